The Morgan fingerprint density at radius 3 is 2.37 bits per heavy atom. The van der Waals surface area contributed by atoms with Crippen molar-refractivity contribution in [1.82, 2.24) is 0 Å². The summed E-state index contributed by atoms with van der Waals surface area (Å²) in [7, 11) is 0. The van der Waals surface area contributed by atoms with E-state index >= 15 is 0 Å². The Kier molecular flexibility index (Phi) is 5.35. The number of aryl methyl sites for hydroxylation is 1. The highest BCUT2D eigenvalue weighted by Gasteiger charge is 2.23. The first-order valence-electron chi connectivity index (χ1n) is 5.78. The Morgan fingerprint density at radius 2 is 1.84 bits per heavy atom. The summed E-state index contributed by atoms with van der Waals surface area (Å²) in [5.41, 5.74) is 9.18. The minimum atomic E-state index is -0.329. The molecule has 0 fully saturated rings. The summed E-state index contributed by atoms with van der Waals surface area (Å²) in [4.78, 5) is 17.0. The van der Waals surface area contributed by atoms with Gasteiger partial charge in [0.15, 0.2) is 5.78 Å². The predicted molar refractivity (Wildman–Crippen MR) is 84.7 cm³/mol. The zero-order valence-corrected chi connectivity index (χ0v) is 12.8. The second kappa shape index (κ2) is 6.37. The van der Waals surface area contributed by atoms with Crippen LogP contribution in [0.5, 0.6) is 0 Å². The van der Waals surface area contributed by atoms with Gasteiger partial charge >= 0.3 is 0 Å². The van der Waals surface area contributed by atoms with Crippen LogP contribution in [-0.2, 0) is 4.79 Å². The molecule has 0 saturated heterocycles. The van der Waals surface area contributed by atoms with E-state index in [1.54, 1.807) is 6.92 Å². The molecule has 3 nitrogen and oxygen atoms in total. The Hall–Kier alpha value is -1.10. The van der Waals surface area contributed by atoms with Gasteiger partial charge in [-0.3, -0.25) is 9.79 Å². The summed E-state index contributed by atoms with van der Waals surface area (Å²) in [6, 6.07) is 8.11. The zero-order chi connectivity index (χ0) is 13.3. The summed E-state index contributed by atoms with van der Waals surface area (Å²) in [5, 5.41) is 0. The van der Waals surface area contributed by atoms with E-state index in [1.165, 1.54) is 17.3 Å². The average Bonchev–Trinajstić information content (AvgIpc) is 2.28. The molecule has 102 valence electrons. The van der Waals surface area contributed by atoms with Gasteiger partial charge in [-0.25, -0.2) is 0 Å². The third kappa shape index (κ3) is 3.47. The number of benzene rings is 1. The third-order valence-corrected chi connectivity index (χ3v) is 3.84. The van der Waals surface area contributed by atoms with Crippen molar-refractivity contribution in [3.05, 3.63) is 41.0 Å². The number of nitrogens with two attached hydrogens (primary N) is 1. The molecule has 1 atom stereocenters. The number of hydrogen-bond donors (Lipinski definition) is 1. The van der Waals surface area contributed by atoms with Crippen LogP contribution in [0, 0.1) is 6.92 Å². The van der Waals surface area contributed by atoms with E-state index in [0.717, 1.165) is 16.2 Å². The second-order valence-electron chi connectivity index (χ2n) is 4.35. The van der Waals surface area contributed by atoms with E-state index in [2.05, 4.69) is 4.99 Å². The number of ketones is 1. The highest BCUT2D eigenvalue weighted by Crippen LogP contribution is 2.37. The maximum absolute atomic E-state index is 11.8. The Morgan fingerprint density at radius 1 is 1.26 bits per heavy atom. The van der Waals surface area contributed by atoms with Gasteiger partial charge < -0.3 is 5.73 Å². The minimum absolute atomic E-state index is 0. The normalized spacial score (nSPS) is 18.7. The first-order valence-corrected chi connectivity index (χ1v) is 6.66. The van der Waals surface area contributed by atoms with Crippen molar-refractivity contribution in [2.24, 2.45) is 10.7 Å². The minimum Gasteiger partial charge on any atom is -0.301 e. The molecule has 0 saturated carbocycles. The number of hydrogen-bond acceptors (Lipinski definition) is 4. The molecule has 0 aliphatic carbocycles. The van der Waals surface area contributed by atoms with Gasteiger partial charge in [-0.2, -0.15) is 0 Å². The van der Waals surface area contributed by atoms with Crippen LogP contribution in [0.3, 0.4) is 0 Å². The van der Waals surface area contributed by atoms with Gasteiger partial charge in [0, 0.05) is 10.6 Å². The molecule has 19 heavy (non-hydrogen) atoms. The molecule has 1 heterocycles. The molecular weight excluding hydrogens is 280 g/mol. The molecule has 0 aromatic heterocycles. The lowest BCUT2D eigenvalue weighted by Gasteiger charge is -2.21. The molecule has 2 N–H and O–H groups in total. The Labute approximate surface area is 123 Å². The fourth-order valence-corrected chi connectivity index (χ4v) is 3.09. The maximum Gasteiger partial charge on any atom is 0.162 e. The number of halogens is 1. The smallest absolute Gasteiger partial charge is 0.162 e. The van der Waals surface area contributed by atoms with Crippen molar-refractivity contribution >= 4 is 40.6 Å². The molecule has 0 bridgehead atoms. The number of allylic oxidation sites excluding steroid dienone is 1. The van der Waals surface area contributed by atoms with Gasteiger partial charge in [0.2, 0.25) is 0 Å². The number of carbonyl (C=O) groups is 1. The summed E-state index contributed by atoms with van der Waals surface area (Å²) >= 11 is 1.43. The molecule has 2 rings (SSSR count). The molecule has 1 aliphatic heterocycles. The highest BCUT2D eigenvalue weighted by molar-refractivity contribution is 8.09. The molecule has 1 aliphatic rings. The van der Waals surface area contributed by atoms with Crippen molar-refractivity contribution in [2.75, 3.05) is 0 Å². The predicted octanol–water partition coefficient (Wildman–Crippen LogP) is 3.17. The summed E-state index contributed by atoms with van der Waals surface area (Å²) in [6.45, 7) is 5.45. The van der Waals surface area contributed by atoms with Gasteiger partial charge in [0.1, 0.15) is 5.50 Å². The summed E-state index contributed by atoms with van der Waals surface area (Å²) in [5.74, 6) is 0.0335. The number of carbonyl (C=O) groups excluding carboxylic acids is 1. The maximum atomic E-state index is 11.8. The van der Waals surface area contributed by atoms with Crippen LogP contribution >= 0.6 is 24.2 Å². The fraction of sp³-hybridized carbons (Fsp3) is 0.286. The zero-order valence-electron chi connectivity index (χ0n) is 11.1. The standard InChI is InChI=1S/C14H16N2OS.ClH/c1-8-4-6-11(7-5-8)13-12(10(3)17)9(2)16-14(15)18-13;/h4-7,14H,15H2,1-3H3;1H. The lowest BCUT2D eigenvalue weighted by molar-refractivity contribution is -0.113. The lowest BCUT2D eigenvalue weighted by Crippen LogP contribution is -2.22. The van der Waals surface area contributed by atoms with Crippen LogP contribution in [0.1, 0.15) is 25.0 Å². The van der Waals surface area contributed by atoms with E-state index < -0.39 is 0 Å². The van der Waals surface area contributed by atoms with E-state index in [0.29, 0.717) is 5.57 Å². The molecule has 1 aromatic rings. The van der Waals surface area contributed by atoms with Gasteiger partial charge in [-0.15, -0.1) is 12.4 Å². The summed E-state index contributed by atoms with van der Waals surface area (Å²) < 4.78 is 0. The molecular formula is C14H17ClN2OS. The van der Waals surface area contributed by atoms with Gasteiger partial charge in [-0.1, -0.05) is 41.6 Å². The number of thioether (sulfide) groups is 1. The van der Waals surface area contributed by atoms with Gasteiger partial charge in [-0.05, 0) is 26.3 Å². The Balaban J connectivity index is 0.00000180. The highest BCUT2D eigenvalue weighted by atomic mass is 35.5. The largest absolute Gasteiger partial charge is 0.301 e. The first kappa shape index (κ1) is 16.0. The fourth-order valence-electron chi connectivity index (χ4n) is 1.96. The van der Waals surface area contributed by atoms with Gasteiger partial charge in [0.05, 0.1) is 5.57 Å². The second-order valence-corrected chi connectivity index (χ2v) is 5.48. The molecule has 1 aromatic carbocycles. The topological polar surface area (TPSA) is 55.5 Å². The number of rotatable bonds is 2. The molecule has 0 spiro atoms. The van der Waals surface area contributed by atoms with Gasteiger partial charge in [0.25, 0.3) is 0 Å². The van der Waals surface area contributed by atoms with E-state index in [9.17, 15) is 4.79 Å². The van der Waals surface area contributed by atoms with Crippen LogP contribution in [0.15, 0.2) is 34.8 Å². The van der Waals surface area contributed by atoms with Crippen LogP contribution in [0.4, 0.5) is 0 Å². The van der Waals surface area contributed by atoms with Crippen molar-refractivity contribution in [3.8, 4) is 0 Å². The molecule has 0 radical (unpaired) electrons. The van der Waals surface area contributed by atoms with Crippen LogP contribution in [-0.4, -0.2) is 17.0 Å². The van der Waals surface area contributed by atoms with E-state index in [-0.39, 0.29) is 23.7 Å². The third-order valence-electron chi connectivity index (χ3n) is 2.81. The number of Topliss-reactive ketones (excluding diaryl/α,β-unsaturated/α-hetero) is 1. The quantitative estimate of drug-likeness (QED) is 0.912. The van der Waals surface area contributed by atoms with E-state index in [4.69, 9.17) is 5.73 Å². The average molecular weight is 297 g/mol. The van der Waals surface area contributed by atoms with Crippen LogP contribution in [0.2, 0.25) is 0 Å². The van der Waals surface area contributed by atoms with Crippen LogP contribution in [0.25, 0.3) is 4.91 Å². The monoisotopic (exact) mass is 296 g/mol. The number of nitrogens with zero attached hydrogens (tertiary/aromatic N) is 1. The molecule has 5 heteroatoms. The molecule has 1 unspecified atom stereocenters. The van der Waals surface area contributed by atoms with Crippen molar-refractivity contribution in [1.29, 1.82) is 0 Å². The Bertz CT molecular complexity index is 549. The van der Waals surface area contributed by atoms with E-state index in [1.807, 2.05) is 38.1 Å². The molecule has 0 amide bonds. The lowest BCUT2D eigenvalue weighted by atomic mass is 10.0. The first-order chi connectivity index (χ1) is 8.49. The van der Waals surface area contributed by atoms with Crippen LogP contribution < -0.4 is 5.73 Å². The van der Waals surface area contributed by atoms with Crippen molar-refractivity contribution < 1.29 is 4.79 Å². The van der Waals surface area contributed by atoms with Crippen molar-refractivity contribution in [2.45, 2.75) is 26.3 Å². The SMILES string of the molecule is CC(=O)C1=C(c2ccc(C)cc2)SC(N)N=C1C.Cl. The van der Waals surface area contributed by atoms with Crippen molar-refractivity contribution in [3.63, 3.8) is 0 Å². The number of aliphatic imine (C=N–C) groups is 1. The summed E-state index contributed by atoms with van der Waals surface area (Å²) in [6.07, 6.45) is 0.